The van der Waals surface area contributed by atoms with Crippen molar-refractivity contribution in [2.24, 2.45) is 5.73 Å². The summed E-state index contributed by atoms with van der Waals surface area (Å²) in [5.41, 5.74) is 5.76. The molecule has 1 aliphatic rings. The molecule has 0 aromatic rings. The number of nitrogens with zero attached hydrogens (tertiary/aromatic N) is 1. The van der Waals surface area contributed by atoms with E-state index in [0.29, 0.717) is 31.6 Å². The predicted octanol–water partition coefficient (Wildman–Crippen LogP) is 0.0338. The molecule has 0 spiro atoms. The second kappa shape index (κ2) is 7.33. The number of carbonyl (C=O) groups excluding carboxylic acids is 2. The van der Waals surface area contributed by atoms with Crippen molar-refractivity contribution < 1.29 is 9.59 Å². The minimum atomic E-state index is -0.456. The van der Waals surface area contributed by atoms with Crippen LogP contribution in [0.4, 0.5) is 4.79 Å². The summed E-state index contributed by atoms with van der Waals surface area (Å²) >= 11 is 0. The van der Waals surface area contributed by atoms with E-state index in [1.165, 1.54) is 13.5 Å². The number of rotatable bonds is 4. The summed E-state index contributed by atoms with van der Waals surface area (Å²) in [6, 6.07) is 0.365. The molecule has 6 nitrogen and oxygen atoms in total. The monoisotopic (exact) mass is 256 g/mol. The average Bonchev–Trinajstić information content (AvgIpc) is 2.36. The first-order valence-electron chi connectivity index (χ1n) is 6.55. The molecule has 2 unspecified atom stereocenters. The highest BCUT2D eigenvalue weighted by Gasteiger charge is 2.26. The van der Waals surface area contributed by atoms with Gasteiger partial charge in [-0.1, -0.05) is 6.42 Å². The van der Waals surface area contributed by atoms with Crippen molar-refractivity contribution in [3.8, 4) is 0 Å². The van der Waals surface area contributed by atoms with Gasteiger partial charge < -0.3 is 11.1 Å². The highest BCUT2D eigenvalue weighted by Crippen LogP contribution is 2.22. The van der Waals surface area contributed by atoms with Gasteiger partial charge in [-0.3, -0.25) is 15.0 Å². The molecule has 104 valence electrons. The van der Waals surface area contributed by atoms with E-state index < -0.39 is 6.03 Å². The molecule has 1 saturated heterocycles. The molecule has 3 amide bonds. The van der Waals surface area contributed by atoms with Crippen LogP contribution in [0.25, 0.3) is 0 Å². The molecular formula is C12H24N4O2. The third-order valence-electron chi connectivity index (χ3n) is 3.54. The Morgan fingerprint density at radius 1 is 1.39 bits per heavy atom. The van der Waals surface area contributed by atoms with E-state index in [4.69, 9.17) is 5.73 Å². The summed E-state index contributed by atoms with van der Waals surface area (Å²) < 4.78 is 0. The van der Waals surface area contributed by atoms with Crippen molar-refractivity contribution >= 4 is 11.9 Å². The van der Waals surface area contributed by atoms with E-state index in [0.717, 1.165) is 12.8 Å². The molecule has 4 N–H and O–H groups in total. The maximum atomic E-state index is 11.5. The number of nitrogens with one attached hydrogen (secondary N) is 2. The summed E-state index contributed by atoms with van der Waals surface area (Å²) in [5, 5.41) is 4.63. The van der Waals surface area contributed by atoms with E-state index in [1.807, 2.05) is 0 Å². The van der Waals surface area contributed by atoms with E-state index in [9.17, 15) is 9.59 Å². The second-order valence-electron chi connectivity index (χ2n) is 4.78. The molecule has 0 aliphatic carbocycles. The van der Waals surface area contributed by atoms with Crippen LogP contribution in [0, 0.1) is 0 Å². The molecule has 1 heterocycles. The Labute approximate surface area is 108 Å². The number of nitrogens with two attached hydrogens (primary N) is 1. The third-order valence-corrected chi connectivity index (χ3v) is 3.54. The molecule has 0 aromatic carbocycles. The van der Waals surface area contributed by atoms with Crippen LogP contribution in [0.2, 0.25) is 0 Å². The molecule has 0 saturated carbocycles. The smallest absolute Gasteiger partial charge is 0.321 e. The third kappa shape index (κ3) is 4.27. The minimum Gasteiger partial charge on any atom is -0.341 e. The lowest BCUT2D eigenvalue weighted by atomic mass is 9.96. The van der Waals surface area contributed by atoms with E-state index in [2.05, 4.69) is 22.5 Å². The Kier molecular flexibility index (Phi) is 6.07. The Morgan fingerprint density at radius 3 is 2.72 bits per heavy atom. The molecule has 1 rings (SSSR count). The van der Waals surface area contributed by atoms with Crippen molar-refractivity contribution in [3.05, 3.63) is 0 Å². The standard InChI is InChI=1S/C12H24N4O2/c1-9-4-3-5-10(8-13)16(9)7-6-11(17)15-12(18)14-2/h9-10H,3-8,13H2,1-2H3,(H2,14,15,17,18). The van der Waals surface area contributed by atoms with Crippen LogP contribution in [0.5, 0.6) is 0 Å². The van der Waals surface area contributed by atoms with Gasteiger partial charge in [0.05, 0.1) is 0 Å². The van der Waals surface area contributed by atoms with Crippen LogP contribution < -0.4 is 16.4 Å². The Bertz CT molecular complexity index is 296. The number of hydrogen-bond acceptors (Lipinski definition) is 4. The quantitative estimate of drug-likeness (QED) is 0.662. The van der Waals surface area contributed by atoms with E-state index in [-0.39, 0.29) is 5.91 Å². The molecule has 2 atom stereocenters. The summed E-state index contributed by atoms with van der Waals surface area (Å²) in [6.45, 7) is 3.45. The van der Waals surface area contributed by atoms with Crippen LogP contribution in [0.3, 0.4) is 0 Å². The average molecular weight is 256 g/mol. The van der Waals surface area contributed by atoms with Crippen molar-refractivity contribution in [2.75, 3.05) is 20.1 Å². The van der Waals surface area contributed by atoms with Gasteiger partial charge in [0, 0.05) is 38.6 Å². The molecule has 6 heteroatoms. The molecule has 0 aromatic heterocycles. The van der Waals surface area contributed by atoms with Gasteiger partial charge in [0.15, 0.2) is 0 Å². The van der Waals surface area contributed by atoms with Gasteiger partial charge in [-0.2, -0.15) is 0 Å². The first-order chi connectivity index (χ1) is 8.58. The fourth-order valence-corrected chi connectivity index (χ4v) is 2.48. The first kappa shape index (κ1) is 14.9. The maximum Gasteiger partial charge on any atom is 0.321 e. The number of urea groups is 1. The summed E-state index contributed by atoms with van der Waals surface area (Å²) in [5.74, 6) is -0.247. The van der Waals surface area contributed by atoms with E-state index in [1.54, 1.807) is 0 Å². The van der Waals surface area contributed by atoms with Gasteiger partial charge in [0.25, 0.3) is 0 Å². The molecular weight excluding hydrogens is 232 g/mol. The molecule has 0 radical (unpaired) electrons. The zero-order chi connectivity index (χ0) is 13.5. The minimum absolute atomic E-state index is 0.247. The maximum absolute atomic E-state index is 11.5. The fraction of sp³-hybridized carbons (Fsp3) is 0.833. The lowest BCUT2D eigenvalue weighted by Gasteiger charge is -2.40. The summed E-state index contributed by atoms with van der Waals surface area (Å²) in [4.78, 5) is 24.8. The largest absolute Gasteiger partial charge is 0.341 e. The number of likely N-dealkylation sites (tertiary alicyclic amines) is 1. The number of carbonyl (C=O) groups is 2. The lowest BCUT2D eigenvalue weighted by Crippen LogP contribution is -2.50. The second-order valence-corrected chi connectivity index (χ2v) is 4.78. The van der Waals surface area contributed by atoms with Crippen molar-refractivity contribution in [1.82, 2.24) is 15.5 Å². The number of piperidine rings is 1. The number of amides is 3. The molecule has 0 bridgehead atoms. The van der Waals surface area contributed by atoms with Gasteiger partial charge in [-0.05, 0) is 19.8 Å². The van der Waals surface area contributed by atoms with Crippen molar-refractivity contribution in [3.63, 3.8) is 0 Å². The zero-order valence-electron chi connectivity index (χ0n) is 11.2. The van der Waals surface area contributed by atoms with Gasteiger partial charge in [0.2, 0.25) is 5.91 Å². The van der Waals surface area contributed by atoms with Crippen LogP contribution in [0.15, 0.2) is 0 Å². The topological polar surface area (TPSA) is 87.5 Å². The fourth-order valence-electron chi connectivity index (χ4n) is 2.48. The highest BCUT2D eigenvalue weighted by atomic mass is 16.2. The van der Waals surface area contributed by atoms with E-state index >= 15 is 0 Å². The zero-order valence-corrected chi connectivity index (χ0v) is 11.2. The van der Waals surface area contributed by atoms with Crippen LogP contribution in [-0.2, 0) is 4.79 Å². The normalized spacial score (nSPS) is 24.6. The summed E-state index contributed by atoms with van der Waals surface area (Å²) in [7, 11) is 1.49. The Hall–Kier alpha value is -1.14. The number of hydrogen-bond donors (Lipinski definition) is 3. The highest BCUT2D eigenvalue weighted by molar-refractivity contribution is 5.94. The summed E-state index contributed by atoms with van der Waals surface area (Å²) in [6.07, 6.45) is 3.77. The van der Waals surface area contributed by atoms with Crippen molar-refractivity contribution in [2.45, 2.75) is 44.7 Å². The van der Waals surface area contributed by atoms with Gasteiger partial charge in [0.1, 0.15) is 0 Å². The lowest BCUT2D eigenvalue weighted by molar-refractivity contribution is -0.120. The van der Waals surface area contributed by atoms with Gasteiger partial charge in [-0.15, -0.1) is 0 Å². The molecule has 18 heavy (non-hydrogen) atoms. The van der Waals surface area contributed by atoms with Gasteiger partial charge >= 0.3 is 6.03 Å². The predicted molar refractivity (Wildman–Crippen MR) is 70.1 cm³/mol. The van der Waals surface area contributed by atoms with Crippen LogP contribution in [0.1, 0.15) is 32.6 Å². The van der Waals surface area contributed by atoms with Crippen LogP contribution >= 0.6 is 0 Å². The Morgan fingerprint density at radius 2 is 2.11 bits per heavy atom. The van der Waals surface area contributed by atoms with Crippen molar-refractivity contribution in [1.29, 1.82) is 0 Å². The Balaban J connectivity index is 2.40. The SMILES string of the molecule is CNC(=O)NC(=O)CCN1C(C)CCCC1CN. The van der Waals surface area contributed by atoms with Crippen LogP contribution in [-0.4, -0.2) is 49.1 Å². The molecule has 1 fully saturated rings. The molecule has 1 aliphatic heterocycles. The first-order valence-corrected chi connectivity index (χ1v) is 6.55. The van der Waals surface area contributed by atoms with Gasteiger partial charge in [-0.25, -0.2) is 4.79 Å². The number of imide groups is 1.